The van der Waals surface area contributed by atoms with Gasteiger partial charge in [0.25, 0.3) is 0 Å². The van der Waals surface area contributed by atoms with Crippen molar-refractivity contribution < 1.29 is 9.50 Å². The van der Waals surface area contributed by atoms with Crippen LogP contribution in [-0.2, 0) is 0 Å². The molecule has 0 saturated carbocycles. The second-order valence-electron chi connectivity index (χ2n) is 3.86. The molecule has 2 rings (SSSR count). The first-order chi connectivity index (χ1) is 8.90. The molecule has 0 aliphatic carbocycles. The van der Waals surface area contributed by atoms with E-state index in [0.29, 0.717) is 25.1 Å². The van der Waals surface area contributed by atoms with Gasteiger partial charge in [0.2, 0.25) is 0 Å². The van der Waals surface area contributed by atoms with Gasteiger partial charge in [-0.15, -0.1) is 0 Å². The van der Waals surface area contributed by atoms with E-state index in [-0.39, 0.29) is 5.56 Å². The molecule has 1 nitrogen and oxygen atoms in total. The summed E-state index contributed by atoms with van der Waals surface area (Å²) in [5.74, 6) is -0.584. The smallest absolute Gasteiger partial charge is 0.130 e. The first kappa shape index (κ1) is 15.1. The summed E-state index contributed by atoms with van der Waals surface area (Å²) in [6.45, 7) is 0. The van der Waals surface area contributed by atoms with Crippen molar-refractivity contribution >= 4 is 50.7 Å². The molecule has 0 bridgehead atoms. The van der Waals surface area contributed by atoms with Crippen LogP contribution in [0.15, 0.2) is 34.8 Å². The zero-order valence-corrected chi connectivity index (χ0v) is 13.2. The Labute approximate surface area is 133 Å². The fourth-order valence-corrected chi connectivity index (χ4v) is 2.53. The van der Waals surface area contributed by atoms with Gasteiger partial charge in [0.1, 0.15) is 11.9 Å². The predicted octanol–water partition coefficient (Wildman–Crippen LogP) is 5.63. The zero-order chi connectivity index (χ0) is 14.2. The minimum atomic E-state index is -1.24. The molecule has 6 heteroatoms. The predicted molar refractivity (Wildman–Crippen MR) is 79.6 cm³/mol. The third-order valence-electron chi connectivity index (χ3n) is 2.59. The van der Waals surface area contributed by atoms with E-state index in [9.17, 15) is 9.50 Å². The van der Waals surface area contributed by atoms with Crippen LogP contribution >= 0.6 is 50.7 Å². The van der Waals surface area contributed by atoms with Crippen molar-refractivity contribution in [2.45, 2.75) is 6.10 Å². The summed E-state index contributed by atoms with van der Waals surface area (Å²) in [5.41, 5.74) is 0.365. The van der Waals surface area contributed by atoms with Gasteiger partial charge >= 0.3 is 0 Å². The van der Waals surface area contributed by atoms with Gasteiger partial charge in [0.15, 0.2) is 0 Å². The van der Waals surface area contributed by atoms with Crippen LogP contribution in [0.1, 0.15) is 17.2 Å². The summed E-state index contributed by atoms with van der Waals surface area (Å²) in [6, 6.07) is 7.16. The highest BCUT2D eigenvalue weighted by Crippen LogP contribution is 2.35. The van der Waals surface area contributed by atoms with Crippen LogP contribution in [0.2, 0.25) is 15.1 Å². The molecule has 1 atom stereocenters. The van der Waals surface area contributed by atoms with E-state index in [2.05, 4.69) is 15.9 Å². The number of rotatable bonds is 2. The maximum Gasteiger partial charge on any atom is 0.130 e. The molecule has 0 aromatic heterocycles. The molecule has 0 fully saturated rings. The second-order valence-corrected chi connectivity index (χ2v) is 5.96. The van der Waals surface area contributed by atoms with E-state index in [1.165, 1.54) is 18.2 Å². The molecule has 0 aliphatic rings. The molecule has 2 aromatic carbocycles. The van der Waals surface area contributed by atoms with E-state index in [1.54, 1.807) is 12.1 Å². The molecule has 0 spiro atoms. The van der Waals surface area contributed by atoms with Crippen LogP contribution in [0.3, 0.4) is 0 Å². The molecule has 1 unspecified atom stereocenters. The average molecular weight is 384 g/mol. The van der Waals surface area contributed by atoms with Crippen LogP contribution in [0.25, 0.3) is 0 Å². The average Bonchev–Trinajstić information content (AvgIpc) is 2.36. The molecule has 0 saturated heterocycles. The SMILES string of the molecule is OC(c1cc(Cl)c(Br)cc1F)c1cc(Cl)ccc1Cl. The standard InChI is InChI=1S/C13H7BrCl3FO/c14-9-5-12(18)8(4-11(9)17)13(19)7-3-6(15)1-2-10(7)16/h1-5,13,19H. The number of benzene rings is 2. The number of hydrogen-bond donors (Lipinski definition) is 1. The Hall–Kier alpha value is -0.320. The molecule has 0 heterocycles. The third-order valence-corrected chi connectivity index (χ3v) is 4.36. The van der Waals surface area contributed by atoms with Gasteiger partial charge in [0.05, 0.1) is 5.02 Å². The van der Waals surface area contributed by atoms with Crippen LogP contribution in [0.4, 0.5) is 4.39 Å². The van der Waals surface area contributed by atoms with E-state index >= 15 is 0 Å². The van der Waals surface area contributed by atoms with Crippen LogP contribution < -0.4 is 0 Å². The summed E-state index contributed by atoms with van der Waals surface area (Å²) in [6.07, 6.45) is -1.24. The zero-order valence-electron chi connectivity index (χ0n) is 9.30. The monoisotopic (exact) mass is 382 g/mol. The van der Waals surface area contributed by atoms with Crippen molar-refractivity contribution in [1.29, 1.82) is 0 Å². The van der Waals surface area contributed by atoms with Crippen molar-refractivity contribution in [1.82, 2.24) is 0 Å². The lowest BCUT2D eigenvalue weighted by atomic mass is 10.0. The highest BCUT2D eigenvalue weighted by molar-refractivity contribution is 9.10. The maximum atomic E-state index is 13.9. The normalized spacial score (nSPS) is 12.5. The van der Waals surface area contributed by atoms with Crippen molar-refractivity contribution in [3.8, 4) is 0 Å². The first-order valence-electron chi connectivity index (χ1n) is 5.17. The fourth-order valence-electron chi connectivity index (χ4n) is 1.64. The molecule has 0 radical (unpaired) electrons. The minimum Gasteiger partial charge on any atom is -0.383 e. The minimum absolute atomic E-state index is 0.0392. The van der Waals surface area contributed by atoms with Gasteiger partial charge < -0.3 is 5.11 Å². The van der Waals surface area contributed by atoms with Gasteiger partial charge in [-0.05, 0) is 46.3 Å². The Kier molecular flexibility index (Phi) is 4.75. The lowest BCUT2D eigenvalue weighted by molar-refractivity contribution is 0.215. The summed E-state index contributed by atoms with van der Waals surface area (Å²) < 4.78 is 14.3. The largest absolute Gasteiger partial charge is 0.383 e. The molecular formula is C13H7BrCl3FO. The molecule has 19 heavy (non-hydrogen) atoms. The topological polar surface area (TPSA) is 20.2 Å². The molecule has 1 N–H and O–H groups in total. The van der Waals surface area contributed by atoms with E-state index < -0.39 is 11.9 Å². The van der Waals surface area contributed by atoms with Crippen molar-refractivity contribution in [2.24, 2.45) is 0 Å². The van der Waals surface area contributed by atoms with Gasteiger partial charge in [-0.2, -0.15) is 0 Å². The summed E-state index contributed by atoms with van der Waals surface area (Å²) >= 11 is 20.8. The van der Waals surface area contributed by atoms with Gasteiger partial charge in [-0.3, -0.25) is 0 Å². The van der Waals surface area contributed by atoms with E-state index in [1.807, 2.05) is 0 Å². The highest BCUT2D eigenvalue weighted by atomic mass is 79.9. The van der Waals surface area contributed by atoms with Crippen molar-refractivity contribution in [2.75, 3.05) is 0 Å². The van der Waals surface area contributed by atoms with Gasteiger partial charge in [0, 0.05) is 25.6 Å². The Balaban J connectivity index is 2.52. The van der Waals surface area contributed by atoms with Gasteiger partial charge in [-0.1, -0.05) is 34.8 Å². The van der Waals surface area contributed by atoms with Crippen molar-refractivity contribution in [3.05, 3.63) is 66.8 Å². The molecule has 100 valence electrons. The van der Waals surface area contributed by atoms with Crippen molar-refractivity contribution in [3.63, 3.8) is 0 Å². The second kappa shape index (κ2) is 5.98. The van der Waals surface area contributed by atoms with E-state index in [4.69, 9.17) is 34.8 Å². The van der Waals surface area contributed by atoms with Crippen LogP contribution in [0.5, 0.6) is 0 Å². The molecule has 0 amide bonds. The first-order valence-corrected chi connectivity index (χ1v) is 7.10. The highest BCUT2D eigenvalue weighted by Gasteiger charge is 2.19. The lowest BCUT2D eigenvalue weighted by Gasteiger charge is -2.15. The number of hydrogen-bond acceptors (Lipinski definition) is 1. The molecule has 0 aliphatic heterocycles. The Morgan fingerprint density at radius 3 is 2.37 bits per heavy atom. The molecular weight excluding hydrogens is 377 g/mol. The summed E-state index contributed by atoms with van der Waals surface area (Å²) in [4.78, 5) is 0. The molecule has 2 aromatic rings. The van der Waals surface area contributed by atoms with E-state index in [0.717, 1.165) is 0 Å². The Morgan fingerprint density at radius 2 is 1.68 bits per heavy atom. The number of halogens is 5. The Bertz CT molecular complexity index is 634. The number of aliphatic hydroxyl groups excluding tert-OH is 1. The summed E-state index contributed by atoms with van der Waals surface area (Å²) in [7, 11) is 0. The third kappa shape index (κ3) is 3.23. The number of aliphatic hydroxyl groups is 1. The lowest BCUT2D eigenvalue weighted by Crippen LogP contribution is -2.03. The Morgan fingerprint density at radius 1 is 1.00 bits per heavy atom. The summed E-state index contributed by atoms with van der Waals surface area (Å²) in [5, 5.41) is 11.2. The maximum absolute atomic E-state index is 13.9. The quantitative estimate of drug-likeness (QED) is 0.666. The van der Waals surface area contributed by atoms with Crippen LogP contribution in [-0.4, -0.2) is 5.11 Å². The van der Waals surface area contributed by atoms with Gasteiger partial charge in [-0.25, -0.2) is 4.39 Å². The fraction of sp³-hybridized carbons (Fsp3) is 0.0769. The van der Waals surface area contributed by atoms with Crippen LogP contribution in [0, 0.1) is 5.82 Å².